The van der Waals surface area contributed by atoms with Crippen molar-refractivity contribution in [3.8, 4) is 22.3 Å². The lowest BCUT2D eigenvalue weighted by atomic mass is 9.71. The van der Waals surface area contributed by atoms with Gasteiger partial charge < -0.3 is 0 Å². The van der Waals surface area contributed by atoms with Crippen LogP contribution in [0.15, 0.2) is 156 Å². The Morgan fingerprint density at radius 3 is 1.24 bits per heavy atom. The fraction of sp³-hybridized carbons (Fsp3) is 0.156. The van der Waals surface area contributed by atoms with Gasteiger partial charge in [0.05, 0.1) is 31.9 Å². The number of aromatic nitrogens is 2. The van der Waals surface area contributed by atoms with Crippen molar-refractivity contribution in [2.75, 3.05) is 0 Å². The molecule has 10 rings (SSSR count). The number of halogens is 6. The van der Waals surface area contributed by atoms with Gasteiger partial charge in [0.25, 0.3) is 0 Å². The molecule has 10 heteroatoms. The molecule has 6 aromatic rings. The lowest BCUT2D eigenvalue weighted by molar-refractivity contribution is -0.258. The summed E-state index contributed by atoms with van der Waals surface area (Å²) < 4.78 is 93.1. The van der Waals surface area contributed by atoms with Gasteiger partial charge in [0.1, 0.15) is 0 Å². The van der Waals surface area contributed by atoms with Crippen LogP contribution in [0.25, 0.3) is 53.9 Å². The summed E-state index contributed by atoms with van der Waals surface area (Å²) in [6.07, 6.45) is 2.78. The molecule has 4 aromatic carbocycles. The maximum atomic E-state index is 16.2. The van der Waals surface area contributed by atoms with Crippen molar-refractivity contribution in [3.63, 3.8) is 0 Å². The normalized spacial score (nSPS) is 24.5. The summed E-state index contributed by atoms with van der Waals surface area (Å²) in [6, 6.07) is 38.0. The van der Waals surface area contributed by atoms with E-state index in [1.165, 1.54) is 35.7 Å². The third kappa shape index (κ3) is 4.55. The number of thioether (sulfide) groups is 2. The van der Waals surface area contributed by atoms with E-state index in [4.69, 9.17) is 9.97 Å². The molecular formula is C45H28F6N2S2. The smallest absolute Gasteiger partial charge is 0.247 e. The zero-order chi connectivity index (χ0) is 38.1. The van der Waals surface area contributed by atoms with E-state index in [9.17, 15) is 0 Å². The van der Waals surface area contributed by atoms with Crippen molar-refractivity contribution in [3.05, 3.63) is 167 Å². The summed E-state index contributed by atoms with van der Waals surface area (Å²) in [5.41, 5.74) is 2.51. The topological polar surface area (TPSA) is 25.8 Å². The summed E-state index contributed by atoms with van der Waals surface area (Å²) in [6.45, 7) is 3.38. The number of benzene rings is 4. The molecule has 4 aliphatic rings. The molecule has 4 heterocycles. The molecule has 0 radical (unpaired) electrons. The first kappa shape index (κ1) is 34.4. The van der Waals surface area contributed by atoms with Crippen LogP contribution in [0.1, 0.15) is 25.2 Å². The van der Waals surface area contributed by atoms with Gasteiger partial charge in [-0.15, -0.1) is 23.5 Å². The van der Waals surface area contributed by atoms with E-state index in [2.05, 4.69) is 0 Å². The van der Waals surface area contributed by atoms with Gasteiger partial charge in [-0.1, -0.05) is 97.1 Å². The Balaban J connectivity index is 1.19. The highest BCUT2D eigenvalue weighted by Gasteiger charge is 2.84. The first-order chi connectivity index (χ1) is 26.3. The molecule has 0 spiro atoms. The van der Waals surface area contributed by atoms with Crippen LogP contribution in [0.2, 0.25) is 0 Å². The summed E-state index contributed by atoms with van der Waals surface area (Å²) in [4.78, 5) is 10.7. The van der Waals surface area contributed by atoms with Crippen LogP contribution >= 0.6 is 23.5 Å². The summed E-state index contributed by atoms with van der Waals surface area (Å²) >= 11 is 2.39. The van der Waals surface area contributed by atoms with Crippen LogP contribution in [0, 0.1) is 0 Å². The van der Waals surface area contributed by atoms with Crippen molar-refractivity contribution in [2.45, 2.75) is 41.1 Å². The number of allylic oxidation sites excluding steroid dienone is 4. The molecule has 0 unspecified atom stereocenters. The van der Waals surface area contributed by atoms with Crippen LogP contribution in [0.3, 0.4) is 0 Å². The van der Waals surface area contributed by atoms with Crippen molar-refractivity contribution in [2.24, 2.45) is 0 Å². The third-order valence-corrected chi connectivity index (χ3v) is 14.7. The molecule has 0 amide bonds. The number of pyridine rings is 2. The van der Waals surface area contributed by atoms with E-state index in [-0.39, 0.29) is 11.1 Å². The molecule has 0 N–H and O–H groups in total. The lowest BCUT2D eigenvalue weighted by Crippen LogP contribution is -2.48. The summed E-state index contributed by atoms with van der Waals surface area (Å²) in [7, 11) is 0. The summed E-state index contributed by atoms with van der Waals surface area (Å²) in [5.74, 6) is -16.0. The van der Waals surface area contributed by atoms with Gasteiger partial charge in [0.2, 0.25) is 0 Å². The van der Waals surface area contributed by atoms with Gasteiger partial charge in [-0.3, -0.25) is 0 Å². The predicted octanol–water partition coefficient (Wildman–Crippen LogP) is 13.0. The molecule has 2 aromatic heterocycles. The molecule has 2 aliphatic carbocycles. The van der Waals surface area contributed by atoms with Crippen LogP contribution in [-0.4, -0.2) is 37.2 Å². The monoisotopic (exact) mass is 774 g/mol. The van der Waals surface area contributed by atoms with Gasteiger partial charge >= 0.3 is 17.8 Å². The Kier molecular flexibility index (Phi) is 7.19. The molecule has 55 heavy (non-hydrogen) atoms. The van der Waals surface area contributed by atoms with E-state index in [1.807, 2.05) is 121 Å². The maximum absolute atomic E-state index is 16.2. The lowest BCUT2D eigenvalue weighted by Gasteiger charge is -2.47. The van der Waals surface area contributed by atoms with Crippen LogP contribution in [0.4, 0.5) is 26.3 Å². The minimum absolute atomic E-state index is 0.245. The SMILES string of the molecule is C[C@@]12SC(c3cc(-c4ccccc4)c4ccccc4n3)=CC1=C1C(=C3C=C(c4cc(-c5ccccc5)c5ccccc5n4)S[C@]32C)C(F)(F)C(F)(F)C1(F)F. The maximum Gasteiger partial charge on any atom is 0.380 e. The van der Waals surface area contributed by atoms with Crippen LogP contribution in [-0.2, 0) is 0 Å². The van der Waals surface area contributed by atoms with Gasteiger partial charge in [0, 0.05) is 31.7 Å². The molecule has 1 saturated carbocycles. The number of para-hydroxylation sites is 2. The first-order valence-corrected chi connectivity index (χ1v) is 19.3. The molecule has 2 nitrogen and oxygen atoms in total. The largest absolute Gasteiger partial charge is 0.380 e. The predicted molar refractivity (Wildman–Crippen MR) is 211 cm³/mol. The second kappa shape index (κ2) is 11.5. The highest BCUT2D eigenvalue weighted by molar-refractivity contribution is 8.14. The minimum Gasteiger partial charge on any atom is -0.247 e. The summed E-state index contributed by atoms with van der Waals surface area (Å²) in [5, 5.41) is 1.73. The zero-order valence-corrected chi connectivity index (χ0v) is 30.8. The molecule has 0 bridgehead atoms. The van der Waals surface area contributed by atoms with E-state index < -0.39 is 38.4 Å². The first-order valence-electron chi connectivity index (χ1n) is 17.6. The highest BCUT2D eigenvalue weighted by atomic mass is 32.2. The van der Waals surface area contributed by atoms with Crippen molar-refractivity contribution in [1.29, 1.82) is 0 Å². The van der Waals surface area contributed by atoms with Crippen LogP contribution < -0.4 is 0 Å². The van der Waals surface area contributed by atoms with E-state index in [1.54, 1.807) is 13.8 Å². The quantitative estimate of drug-likeness (QED) is 0.167. The number of hydrogen-bond donors (Lipinski definition) is 0. The Hall–Kier alpha value is -5.06. The van der Waals surface area contributed by atoms with Crippen LogP contribution in [0.5, 0.6) is 0 Å². The molecule has 2 aliphatic heterocycles. The molecular weight excluding hydrogens is 747 g/mol. The highest BCUT2D eigenvalue weighted by Crippen LogP contribution is 2.75. The van der Waals surface area contributed by atoms with E-state index in [0.29, 0.717) is 32.2 Å². The van der Waals surface area contributed by atoms with Crippen molar-refractivity contribution >= 4 is 55.1 Å². The van der Waals surface area contributed by atoms with Gasteiger partial charge in [-0.2, -0.15) is 26.3 Å². The Morgan fingerprint density at radius 2 is 0.836 bits per heavy atom. The van der Waals surface area contributed by atoms with E-state index in [0.717, 1.165) is 33.0 Å². The van der Waals surface area contributed by atoms with Crippen molar-refractivity contribution in [1.82, 2.24) is 9.97 Å². The number of hydrogen-bond acceptors (Lipinski definition) is 4. The molecule has 2 atom stereocenters. The second-order valence-electron chi connectivity index (χ2n) is 14.5. The van der Waals surface area contributed by atoms with Crippen molar-refractivity contribution < 1.29 is 26.3 Å². The molecule has 0 saturated heterocycles. The molecule has 1 fully saturated rings. The fourth-order valence-electron chi connectivity index (χ4n) is 8.48. The zero-order valence-electron chi connectivity index (χ0n) is 29.2. The number of fused-ring (bicyclic) bond motifs is 6. The number of alkyl halides is 6. The van der Waals surface area contributed by atoms with Gasteiger partial charge in [0.15, 0.2) is 0 Å². The Bertz CT molecular complexity index is 2590. The number of nitrogens with zero attached hydrogens (tertiary/aromatic N) is 2. The third-order valence-electron chi connectivity index (χ3n) is 11.4. The standard InChI is InChI=1S/C45H28F6N2S2/c1-41-31(23-37(54-41)35-21-29(25-13-5-3-6-14-25)27-17-9-11-19-33(27)52-35)39-40(44(48,49)45(50,51)43(39,46)47)32-24-38(55-42(32,41)2)36-22-30(26-15-7-4-8-16-26)28-18-10-12-20-34(28)53-36/h3-24H,1-2H3/t41-,42-/m1/s1. The average Bonchev–Trinajstić information content (AvgIpc) is 3.78. The fourth-order valence-corrected chi connectivity index (χ4v) is 11.5. The minimum atomic E-state index is -5.66. The Labute approximate surface area is 320 Å². The van der Waals surface area contributed by atoms with Gasteiger partial charge in [-0.05, 0) is 83.7 Å². The number of rotatable bonds is 4. The molecule has 272 valence electrons. The van der Waals surface area contributed by atoms with Gasteiger partial charge in [-0.25, -0.2) is 9.97 Å². The van der Waals surface area contributed by atoms with E-state index >= 15 is 26.3 Å². The average molecular weight is 775 g/mol. The second-order valence-corrected chi connectivity index (χ2v) is 17.4. The Morgan fingerprint density at radius 1 is 0.473 bits per heavy atom.